The molecule has 96 valence electrons. The van der Waals surface area contributed by atoms with Gasteiger partial charge in [0.1, 0.15) is 0 Å². The molecule has 0 radical (unpaired) electrons. The number of likely N-dealkylation sites (tertiary alicyclic amines) is 1. The van der Waals surface area contributed by atoms with E-state index in [1.54, 1.807) is 6.92 Å². The molecule has 1 fully saturated rings. The van der Waals surface area contributed by atoms with E-state index in [0.29, 0.717) is 18.5 Å². The van der Waals surface area contributed by atoms with E-state index in [2.05, 4.69) is 24.2 Å². The molecule has 0 bridgehead atoms. The van der Waals surface area contributed by atoms with Gasteiger partial charge in [-0.25, -0.2) is 0 Å². The molecule has 16 heavy (non-hydrogen) atoms. The van der Waals surface area contributed by atoms with E-state index in [9.17, 15) is 5.11 Å². The molecule has 0 spiro atoms. The van der Waals surface area contributed by atoms with Crippen molar-refractivity contribution in [2.24, 2.45) is 5.92 Å². The number of nitrogens with zero attached hydrogens (tertiary/aromatic N) is 1. The first kappa shape index (κ1) is 13.9. The molecule has 0 saturated carbocycles. The van der Waals surface area contributed by atoms with Crippen molar-refractivity contribution in [2.75, 3.05) is 33.3 Å². The minimum absolute atomic E-state index is 0.197. The summed E-state index contributed by atoms with van der Waals surface area (Å²) in [4.78, 5) is 2.36. The summed E-state index contributed by atoms with van der Waals surface area (Å²) in [5, 5.41) is 22.0. The van der Waals surface area contributed by atoms with E-state index in [0.717, 1.165) is 6.54 Å². The van der Waals surface area contributed by atoms with Gasteiger partial charge in [-0.15, -0.1) is 0 Å². The predicted molar refractivity (Wildman–Crippen MR) is 65.4 cm³/mol. The van der Waals surface area contributed by atoms with Crippen LogP contribution >= 0.6 is 0 Å². The number of aliphatic hydroxyl groups is 2. The van der Waals surface area contributed by atoms with Gasteiger partial charge in [-0.3, -0.25) is 0 Å². The van der Waals surface area contributed by atoms with Crippen LogP contribution in [0.3, 0.4) is 0 Å². The van der Waals surface area contributed by atoms with Crippen LogP contribution in [0.15, 0.2) is 0 Å². The standard InChI is InChI=1S/C12H26N2O2/c1-10(13-8-12(2,16)9-15)11-5-4-6-14(3)7-11/h10-11,13,15-16H,4-9H2,1-3H3. The Morgan fingerprint density at radius 2 is 2.25 bits per heavy atom. The fourth-order valence-electron chi connectivity index (χ4n) is 2.22. The van der Waals surface area contributed by atoms with Crippen molar-refractivity contribution in [3.05, 3.63) is 0 Å². The molecule has 0 aromatic carbocycles. The summed E-state index contributed by atoms with van der Waals surface area (Å²) < 4.78 is 0. The highest BCUT2D eigenvalue weighted by molar-refractivity contribution is 4.82. The molecule has 1 heterocycles. The zero-order valence-electron chi connectivity index (χ0n) is 10.7. The minimum Gasteiger partial charge on any atom is -0.393 e. The lowest BCUT2D eigenvalue weighted by molar-refractivity contribution is -0.00124. The molecule has 0 amide bonds. The molecule has 4 heteroatoms. The number of piperidine rings is 1. The second-order valence-corrected chi connectivity index (χ2v) is 5.49. The third-order valence-corrected chi connectivity index (χ3v) is 3.51. The summed E-state index contributed by atoms with van der Waals surface area (Å²) >= 11 is 0. The molecule has 3 N–H and O–H groups in total. The molecule has 1 rings (SSSR count). The molecule has 1 aliphatic rings. The zero-order chi connectivity index (χ0) is 12.2. The van der Waals surface area contributed by atoms with Crippen molar-refractivity contribution < 1.29 is 10.2 Å². The Morgan fingerprint density at radius 1 is 1.56 bits per heavy atom. The van der Waals surface area contributed by atoms with Crippen LogP contribution < -0.4 is 5.32 Å². The summed E-state index contributed by atoms with van der Waals surface area (Å²) in [5.41, 5.74) is -1.01. The second kappa shape index (κ2) is 5.96. The average molecular weight is 230 g/mol. The van der Waals surface area contributed by atoms with Gasteiger partial charge < -0.3 is 20.4 Å². The van der Waals surface area contributed by atoms with Crippen molar-refractivity contribution in [3.63, 3.8) is 0 Å². The van der Waals surface area contributed by atoms with Crippen LogP contribution in [-0.4, -0.2) is 60.0 Å². The number of nitrogens with one attached hydrogen (secondary N) is 1. The summed E-state index contributed by atoms with van der Waals surface area (Å²) in [6.07, 6.45) is 2.50. The van der Waals surface area contributed by atoms with E-state index in [-0.39, 0.29) is 6.61 Å². The first-order valence-corrected chi connectivity index (χ1v) is 6.20. The Kier molecular flexibility index (Phi) is 5.18. The third-order valence-electron chi connectivity index (χ3n) is 3.51. The smallest absolute Gasteiger partial charge is 0.0972 e. The van der Waals surface area contributed by atoms with Crippen molar-refractivity contribution in [2.45, 2.75) is 38.3 Å². The van der Waals surface area contributed by atoms with Crippen molar-refractivity contribution >= 4 is 0 Å². The summed E-state index contributed by atoms with van der Waals surface area (Å²) in [6, 6.07) is 0.390. The quantitative estimate of drug-likeness (QED) is 0.625. The highest BCUT2D eigenvalue weighted by atomic mass is 16.3. The molecule has 0 aliphatic carbocycles. The number of aliphatic hydroxyl groups excluding tert-OH is 1. The lowest BCUT2D eigenvalue weighted by atomic mass is 9.91. The zero-order valence-corrected chi connectivity index (χ0v) is 10.7. The molecule has 3 unspecified atom stereocenters. The first-order valence-electron chi connectivity index (χ1n) is 6.20. The fourth-order valence-corrected chi connectivity index (χ4v) is 2.22. The van der Waals surface area contributed by atoms with Crippen molar-refractivity contribution in [1.82, 2.24) is 10.2 Å². The highest BCUT2D eigenvalue weighted by Gasteiger charge is 2.25. The van der Waals surface area contributed by atoms with E-state index < -0.39 is 5.60 Å². The molecular weight excluding hydrogens is 204 g/mol. The van der Waals surface area contributed by atoms with E-state index in [1.807, 2.05) is 0 Å². The Labute approximate surface area is 98.6 Å². The van der Waals surface area contributed by atoms with Gasteiger partial charge in [0.25, 0.3) is 0 Å². The lowest BCUT2D eigenvalue weighted by Crippen LogP contribution is -2.49. The first-order chi connectivity index (χ1) is 7.44. The normalized spacial score (nSPS) is 28.7. The van der Waals surface area contributed by atoms with Gasteiger partial charge in [0.2, 0.25) is 0 Å². The van der Waals surface area contributed by atoms with Gasteiger partial charge >= 0.3 is 0 Å². The molecule has 4 nitrogen and oxygen atoms in total. The lowest BCUT2D eigenvalue weighted by Gasteiger charge is -2.35. The van der Waals surface area contributed by atoms with Gasteiger partial charge in [-0.05, 0) is 46.2 Å². The largest absolute Gasteiger partial charge is 0.393 e. The van der Waals surface area contributed by atoms with Crippen molar-refractivity contribution in [1.29, 1.82) is 0 Å². The van der Waals surface area contributed by atoms with Crippen molar-refractivity contribution in [3.8, 4) is 0 Å². The number of rotatable bonds is 5. The van der Waals surface area contributed by atoms with Gasteiger partial charge in [0.15, 0.2) is 0 Å². The van der Waals surface area contributed by atoms with Crippen LogP contribution in [0, 0.1) is 5.92 Å². The van der Waals surface area contributed by atoms with E-state index in [4.69, 9.17) is 5.11 Å². The topological polar surface area (TPSA) is 55.7 Å². The van der Waals surface area contributed by atoms with Crippen LogP contribution in [0.1, 0.15) is 26.7 Å². The second-order valence-electron chi connectivity index (χ2n) is 5.49. The Hall–Kier alpha value is -0.160. The number of hydrogen-bond acceptors (Lipinski definition) is 4. The summed E-state index contributed by atoms with van der Waals surface area (Å²) in [6.45, 7) is 6.38. The van der Waals surface area contributed by atoms with E-state index >= 15 is 0 Å². The summed E-state index contributed by atoms with van der Waals surface area (Å²) in [5.74, 6) is 0.647. The Bertz CT molecular complexity index is 209. The fraction of sp³-hybridized carbons (Fsp3) is 1.00. The Balaban J connectivity index is 2.31. The van der Waals surface area contributed by atoms with Crippen LogP contribution in [0.2, 0.25) is 0 Å². The molecule has 1 aliphatic heterocycles. The molecule has 3 atom stereocenters. The summed E-state index contributed by atoms with van der Waals surface area (Å²) in [7, 11) is 2.16. The van der Waals surface area contributed by atoms with Crippen LogP contribution in [0.25, 0.3) is 0 Å². The van der Waals surface area contributed by atoms with Crippen LogP contribution in [-0.2, 0) is 0 Å². The minimum atomic E-state index is -1.01. The van der Waals surface area contributed by atoms with Gasteiger partial charge in [-0.1, -0.05) is 0 Å². The monoisotopic (exact) mass is 230 g/mol. The molecule has 1 saturated heterocycles. The maximum absolute atomic E-state index is 9.70. The predicted octanol–water partition coefficient (Wildman–Crippen LogP) is 0.0496. The SMILES string of the molecule is CC(NCC(C)(O)CO)C1CCCN(C)C1. The maximum Gasteiger partial charge on any atom is 0.0972 e. The maximum atomic E-state index is 9.70. The van der Waals surface area contributed by atoms with Gasteiger partial charge in [0, 0.05) is 19.1 Å². The van der Waals surface area contributed by atoms with E-state index in [1.165, 1.54) is 19.4 Å². The average Bonchev–Trinajstić information content (AvgIpc) is 2.26. The third kappa shape index (κ3) is 4.37. The highest BCUT2D eigenvalue weighted by Crippen LogP contribution is 2.18. The van der Waals surface area contributed by atoms with Gasteiger partial charge in [-0.2, -0.15) is 0 Å². The number of hydrogen-bond donors (Lipinski definition) is 3. The molecule has 0 aromatic heterocycles. The Morgan fingerprint density at radius 3 is 2.81 bits per heavy atom. The van der Waals surface area contributed by atoms with Gasteiger partial charge in [0.05, 0.1) is 12.2 Å². The van der Waals surface area contributed by atoms with Crippen LogP contribution in [0.5, 0.6) is 0 Å². The molecular formula is C12H26N2O2. The molecule has 0 aromatic rings. The van der Waals surface area contributed by atoms with Crippen LogP contribution in [0.4, 0.5) is 0 Å².